The Morgan fingerprint density at radius 3 is 2.74 bits per heavy atom. The predicted octanol–water partition coefficient (Wildman–Crippen LogP) is 1.32. The van der Waals surface area contributed by atoms with Crippen LogP contribution in [0, 0.1) is 5.92 Å². The number of nitrogens with zero attached hydrogens (tertiary/aromatic N) is 2. The Hall–Kier alpha value is -0.610. The average Bonchev–Trinajstić information content (AvgIpc) is 2.41. The van der Waals surface area contributed by atoms with Crippen molar-refractivity contribution < 1.29 is 4.79 Å². The highest BCUT2D eigenvalue weighted by Gasteiger charge is 2.29. The molecule has 0 radical (unpaired) electrons. The molecule has 0 aliphatic carbocycles. The van der Waals surface area contributed by atoms with Crippen LogP contribution in [-0.2, 0) is 4.79 Å². The van der Waals surface area contributed by atoms with Gasteiger partial charge in [0, 0.05) is 38.1 Å². The fraction of sp³-hybridized carbons (Fsp3) is 0.933. The minimum Gasteiger partial charge on any atom is -0.340 e. The lowest BCUT2D eigenvalue weighted by atomic mass is 9.90. The molecule has 1 amide bonds. The van der Waals surface area contributed by atoms with E-state index in [-0.39, 0.29) is 0 Å². The lowest BCUT2D eigenvalue weighted by molar-refractivity contribution is -0.135. The van der Waals surface area contributed by atoms with Crippen LogP contribution in [0.25, 0.3) is 0 Å². The Kier molecular flexibility index (Phi) is 5.22. The SMILES string of the molecule is CCN1CCN(C(=O)CC2NCCCC2C)CC1C. The Bertz CT molecular complexity index is 308. The maximum Gasteiger partial charge on any atom is 0.224 e. The van der Waals surface area contributed by atoms with Crippen LogP contribution < -0.4 is 5.32 Å². The molecule has 2 rings (SSSR count). The van der Waals surface area contributed by atoms with Crippen LogP contribution in [0.4, 0.5) is 0 Å². The molecule has 19 heavy (non-hydrogen) atoms. The number of hydrogen-bond acceptors (Lipinski definition) is 3. The molecule has 1 N–H and O–H groups in total. The Labute approximate surface area is 117 Å². The third kappa shape index (κ3) is 3.69. The maximum atomic E-state index is 12.4. The molecule has 0 aromatic carbocycles. The van der Waals surface area contributed by atoms with Gasteiger partial charge in [-0.05, 0) is 38.8 Å². The summed E-state index contributed by atoms with van der Waals surface area (Å²) in [6, 6.07) is 0.889. The van der Waals surface area contributed by atoms with Crippen molar-refractivity contribution >= 4 is 5.91 Å². The highest BCUT2D eigenvalue weighted by molar-refractivity contribution is 5.77. The summed E-state index contributed by atoms with van der Waals surface area (Å²) in [6.45, 7) is 11.7. The first-order chi connectivity index (χ1) is 9.11. The molecule has 0 aromatic rings. The van der Waals surface area contributed by atoms with Gasteiger partial charge in [0.1, 0.15) is 0 Å². The summed E-state index contributed by atoms with van der Waals surface area (Å²) in [6.07, 6.45) is 3.18. The zero-order valence-electron chi connectivity index (χ0n) is 12.7. The van der Waals surface area contributed by atoms with Gasteiger partial charge in [-0.2, -0.15) is 0 Å². The van der Waals surface area contributed by atoms with E-state index >= 15 is 0 Å². The van der Waals surface area contributed by atoms with E-state index in [1.54, 1.807) is 0 Å². The van der Waals surface area contributed by atoms with Crippen LogP contribution in [0.1, 0.15) is 40.0 Å². The lowest BCUT2D eigenvalue weighted by Gasteiger charge is -2.40. The number of nitrogens with one attached hydrogen (secondary N) is 1. The molecular formula is C15H29N3O. The summed E-state index contributed by atoms with van der Waals surface area (Å²) in [5.41, 5.74) is 0. The molecule has 4 heteroatoms. The van der Waals surface area contributed by atoms with Crippen molar-refractivity contribution in [3.8, 4) is 0 Å². The first kappa shape index (κ1) is 14.8. The maximum absolute atomic E-state index is 12.4. The molecule has 4 nitrogen and oxygen atoms in total. The fourth-order valence-corrected chi connectivity index (χ4v) is 3.40. The Morgan fingerprint density at radius 2 is 2.11 bits per heavy atom. The summed E-state index contributed by atoms with van der Waals surface area (Å²) < 4.78 is 0. The van der Waals surface area contributed by atoms with Crippen LogP contribution in [-0.4, -0.2) is 60.5 Å². The van der Waals surface area contributed by atoms with E-state index in [4.69, 9.17) is 0 Å². The summed E-state index contributed by atoms with van der Waals surface area (Å²) >= 11 is 0. The Morgan fingerprint density at radius 1 is 1.32 bits per heavy atom. The molecule has 110 valence electrons. The lowest BCUT2D eigenvalue weighted by Crippen LogP contribution is -2.54. The van der Waals surface area contributed by atoms with E-state index in [0.717, 1.165) is 32.7 Å². The second-order valence-electron chi connectivity index (χ2n) is 6.20. The largest absolute Gasteiger partial charge is 0.340 e. The number of rotatable bonds is 3. The molecule has 3 atom stereocenters. The van der Waals surface area contributed by atoms with Crippen molar-refractivity contribution in [2.24, 2.45) is 5.92 Å². The monoisotopic (exact) mass is 267 g/mol. The molecule has 2 saturated heterocycles. The highest BCUT2D eigenvalue weighted by Crippen LogP contribution is 2.19. The number of carbonyl (C=O) groups excluding carboxylic acids is 1. The molecular weight excluding hydrogens is 238 g/mol. The molecule has 0 saturated carbocycles. The van der Waals surface area contributed by atoms with Gasteiger partial charge in [-0.15, -0.1) is 0 Å². The van der Waals surface area contributed by atoms with E-state index in [0.29, 0.717) is 30.3 Å². The van der Waals surface area contributed by atoms with Crippen LogP contribution in [0.2, 0.25) is 0 Å². The van der Waals surface area contributed by atoms with Crippen LogP contribution >= 0.6 is 0 Å². The van der Waals surface area contributed by atoms with Crippen LogP contribution in [0.15, 0.2) is 0 Å². The van der Waals surface area contributed by atoms with E-state index < -0.39 is 0 Å². The quantitative estimate of drug-likeness (QED) is 0.837. The molecule has 2 fully saturated rings. The van der Waals surface area contributed by atoms with Gasteiger partial charge in [-0.3, -0.25) is 9.69 Å². The number of likely N-dealkylation sites (N-methyl/N-ethyl adjacent to an activating group) is 1. The topological polar surface area (TPSA) is 35.6 Å². The van der Waals surface area contributed by atoms with E-state index in [9.17, 15) is 4.79 Å². The molecule has 2 heterocycles. The highest BCUT2D eigenvalue weighted by atomic mass is 16.2. The van der Waals surface area contributed by atoms with Crippen molar-refractivity contribution in [3.05, 3.63) is 0 Å². The van der Waals surface area contributed by atoms with Gasteiger partial charge in [0.05, 0.1) is 0 Å². The van der Waals surface area contributed by atoms with Gasteiger partial charge in [0.15, 0.2) is 0 Å². The number of piperidine rings is 1. The van der Waals surface area contributed by atoms with Crippen molar-refractivity contribution in [1.29, 1.82) is 0 Å². The van der Waals surface area contributed by atoms with E-state index in [1.165, 1.54) is 12.8 Å². The van der Waals surface area contributed by atoms with Gasteiger partial charge < -0.3 is 10.2 Å². The third-order valence-electron chi connectivity index (χ3n) is 4.85. The normalized spacial score (nSPS) is 33.4. The van der Waals surface area contributed by atoms with Gasteiger partial charge in [-0.1, -0.05) is 13.8 Å². The zero-order valence-corrected chi connectivity index (χ0v) is 12.7. The minimum atomic E-state index is 0.342. The standard InChI is InChI=1S/C15H29N3O/c1-4-17-8-9-18(11-13(17)3)15(19)10-14-12(2)6-5-7-16-14/h12-14,16H,4-11H2,1-3H3. The summed E-state index contributed by atoms with van der Waals surface area (Å²) in [7, 11) is 0. The number of amides is 1. The number of piperazine rings is 1. The van der Waals surface area contributed by atoms with E-state index in [2.05, 4.69) is 35.9 Å². The molecule has 2 aliphatic rings. The predicted molar refractivity (Wildman–Crippen MR) is 78.1 cm³/mol. The summed E-state index contributed by atoms with van der Waals surface area (Å²) in [5, 5.41) is 3.51. The van der Waals surface area contributed by atoms with Gasteiger partial charge in [0.2, 0.25) is 5.91 Å². The van der Waals surface area contributed by atoms with Gasteiger partial charge in [-0.25, -0.2) is 0 Å². The molecule has 2 aliphatic heterocycles. The van der Waals surface area contributed by atoms with Crippen LogP contribution in [0.5, 0.6) is 0 Å². The molecule has 0 aromatic heterocycles. The summed E-state index contributed by atoms with van der Waals surface area (Å²) in [4.78, 5) is 16.9. The number of hydrogen-bond donors (Lipinski definition) is 1. The van der Waals surface area contributed by atoms with Gasteiger partial charge >= 0.3 is 0 Å². The minimum absolute atomic E-state index is 0.342. The second kappa shape index (κ2) is 6.71. The zero-order chi connectivity index (χ0) is 13.8. The van der Waals surface area contributed by atoms with Gasteiger partial charge in [0.25, 0.3) is 0 Å². The van der Waals surface area contributed by atoms with Crippen molar-refractivity contribution in [2.75, 3.05) is 32.7 Å². The molecule has 0 bridgehead atoms. The molecule has 3 unspecified atom stereocenters. The van der Waals surface area contributed by atoms with Crippen molar-refractivity contribution in [2.45, 2.75) is 52.1 Å². The Balaban J connectivity index is 1.83. The number of carbonyl (C=O) groups is 1. The fourth-order valence-electron chi connectivity index (χ4n) is 3.40. The average molecular weight is 267 g/mol. The summed E-state index contributed by atoms with van der Waals surface area (Å²) in [5.74, 6) is 0.973. The first-order valence-corrected chi connectivity index (χ1v) is 7.87. The van der Waals surface area contributed by atoms with E-state index in [1.807, 2.05) is 0 Å². The van der Waals surface area contributed by atoms with Crippen molar-refractivity contribution in [1.82, 2.24) is 15.1 Å². The molecule has 0 spiro atoms. The first-order valence-electron chi connectivity index (χ1n) is 7.87. The van der Waals surface area contributed by atoms with Crippen LogP contribution in [0.3, 0.4) is 0 Å². The third-order valence-corrected chi connectivity index (χ3v) is 4.85. The van der Waals surface area contributed by atoms with Crippen molar-refractivity contribution in [3.63, 3.8) is 0 Å². The second-order valence-corrected chi connectivity index (χ2v) is 6.20. The smallest absolute Gasteiger partial charge is 0.224 e.